The molecule has 1 heterocycles. The van der Waals surface area contributed by atoms with Gasteiger partial charge >= 0.3 is 6.18 Å². The number of rotatable bonds is 2. The minimum Gasteiger partial charge on any atom is -0.380 e. The average Bonchev–Trinajstić information content (AvgIpc) is 2.31. The van der Waals surface area contributed by atoms with Crippen molar-refractivity contribution in [2.75, 3.05) is 13.1 Å². The SMILES string of the molecule is OC1(C(F)(F)F)CCN(Cc2cccc(F)c2)CC1. The number of hydrogen-bond acceptors (Lipinski definition) is 2. The Labute approximate surface area is 108 Å². The van der Waals surface area contributed by atoms with Crippen LogP contribution in [0.15, 0.2) is 24.3 Å². The summed E-state index contributed by atoms with van der Waals surface area (Å²) in [6.45, 7) is 0.685. The highest BCUT2D eigenvalue weighted by molar-refractivity contribution is 5.16. The largest absolute Gasteiger partial charge is 0.417 e. The van der Waals surface area contributed by atoms with Crippen molar-refractivity contribution in [2.45, 2.75) is 31.2 Å². The molecule has 0 bridgehead atoms. The molecule has 1 saturated heterocycles. The first kappa shape index (κ1) is 14.3. The maximum atomic E-state index is 13.0. The molecule has 106 valence electrons. The van der Waals surface area contributed by atoms with Gasteiger partial charge < -0.3 is 5.11 Å². The van der Waals surface area contributed by atoms with Gasteiger partial charge in [0.1, 0.15) is 5.82 Å². The maximum absolute atomic E-state index is 13.0. The summed E-state index contributed by atoms with van der Waals surface area (Å²) in [6, 6.07) is 5.99. The van der Waals surface area contributed by atoms with E-state index in [9.17, 15) is 22.7 Å². The van der Waals surface area contributed by atoms with Gasteiger partial charge in [0, 0.05) is 19.6 Å². The second-order valence-electron chi connectivity index (χ2n) is 4.94. The van der Waals surface area contributed by atoms with Crippen LogP contribution in [0.25, 0.3) is 0 Å². The fourth-order valence-corrected chi connectivity index (χ4v) is 2.26. The molecular formula is C13H15F4NO. The molecule has 19 heavy (non-hydrogen) atoms. The lowest BCUT2D eigenvalue weighted by Crippen LogP contribution is -2.53. The van der Waals surface area contributed by atoms with Crippen molar-refractivity contribution in [1.82, 2.24) is 4.90 Å². The first-order chi connectivity index (χ1) is 8.80. The minimum absolute atomic E-state index is 0.145. The lowest BCUT2D eigenvalue weighted by atomic mass is 9.90. The highest BCUT2D eigenvalue weighted by atomic mass is 19.4. The Morgan fingerprint density at radius 3 is 2.37 bits per heavy atom. The molecule has 0 unspecified atom stereocenters. The molecule has 1 aliphatic heterocycles. The van der Waals surface area contributed by atoms with Gasteiger partial charge in [-0.05, 0) is 30.5 Å². The second kappa shape index (κ2) is 5.09. The summed E-state index contributed by atoms with van der Waals surface area (Å²) >= 11 is 0. The summed E-state index contributed by atoms with van der Waals surface area (Å²) < 4.78 is 50.8. The van der Waals surface area contributed by atoms with E-state index in [2.05, 4.69) is 0 Å². The summed E-state index contributed by atoms with van der Waals surface area (Å²) in [5.41, 5.74) is -1.86. The number of hydrogen-bond donors (Lipinski definition) is 1. The first-order valence-electron chi connectivity index (χ1n) is 6.06. The molecule has 0 atom stereocenters. The number of nitrogens with zero attached hydrogens (tertiary/aromatic N) is 1. The van der Waals surface area contributed by atoms with Crippen LogP contribution >= 0.6 is 0 Å². The van der Waals surface area contributed by atoms with E-state index in [-0.39, 0.29) is 31.7 Å². The Bertz CT molecular complexity index is 439. The summed E-state index contributed by atoms with van der Waals surface area (Å²) in [5.74, 6) is -0.360. The van der Waals surface area contributed by atoms with Crippen LogP contribution in [0.2, 0.25) is 0 Å². The molecule has 0 aliphatic carbocycles. The van der Waals surface area contributed by atoms with E-state index < -0.39 is 11.8 Å². The Balaban J connectivity index is 1.94. The van der Waals surface area contributed by atoms with Crippen LogP contribution in [0.5, 0.6) is 0 Å². The topological polar surface area (TPSA) is 23.5 Å². The Hall–Kier alpha value is -1.14. The molecule has 1 aromatic carbocycles. The van der Waals surface area contributed by atoms with E-state index in [1.165, 1.54) is 12.1 Å². The van der Waals surface area contributed by atoms with E-state index in [4.69, 9.17) is 0 Å². The number of likely N-dealkylation sites (tertiary alicyclic amines) is 1. The highest BCUT2D eigenvalue weighted by Crippen LogP contribution is 2.38. The van der Waals surface area contributed by atoms with Gasteiger partial charge in [-0.3, -0.25) is 4.90 Å². The average molecular weight is 277 g/mol. The Morgan fingerprint density at radius 1 is 1.21 bits per heavy atom. The van der Waals surface area contributed by atoms with Gasteiger partial charge in [-0.25, -0.2) is 4.39 Å². The smallest absolute Gasteiger partial charge is 0.380 e. The molecule has 1 aliphatic rings. The third kappa shape index (κ3) is 3.25. The van der Waals surface area contributed by atoms with E-state index in [0.29, 0.717) is 6.54 Å². The Morgan fingerprint density at radius 2 is 1.84 bits per heavy atom. The molecular weight excluding hydrogens is 262 g/mol. The van der Waals surface area contributed by atoms with Crippen molar-refractivity contribution in [3.05, 3.63) is 35.6 Å². The van der Waals surface area contributed by atoms with Crippen LogP contribution in [0.1, 0.15) is 18.4 Å². The van der Waals surface area contributed by atoms with Crippen molar-refractivity contribution in [3.8, 4) is 0 Å². The molecule has 1 aromatic rings. The van der Waals surface area contributed by atoms with Gasteiger partial charge in [0.25, 0.3) is 0 Å². The van der Waals surface area contributed by atoms with Crippen molar-refractivity contribution in [2.24, 2.45) is 0 Å². The predicted molar refractivity (Wildman–Crippen MR) is 61.9 cm³/mol. The molecule has 6 heteroatoms. The molecule has 0 saturated carbocycles. The van der Waals surface area contributed by atoms with Crippen LogP contribution in [0.4, 0.5) is 17.6 Å². The zero-order chi connectivity index (χ0) is 14.1. The van der Waals surface area contributed by atoms with Crippen LogP contribution in [-0.4, -0.2) is 34.9 Å². The maximum Gasteiger partial charge on any atom is 0.417 e. The minimum atomic E-state index is -4.59. The van der Waals surface area contributed by atoms with Crippen molar-refractivity contribution in [1.29, 1.82) is 0 Å². The summed E-state index contributed by atoms with van der Waals surface area (Å²) in [6.07, 6.45) is -5.27. The normalized spacial score (nSPS) is 20.5. The van der Waals surface area contributed by atoms with E-state index in [1.807, 2.05) is 0 Å². The second-order valence-corrected chi connectivity index (χ2v) is 4.94. The van der Waals surface area contributed by atoms with Gasteiger partial charge in [-0.1, -0.05) is 12.1 Å². The van der Waals surface area contributed by atoms with E-state index >= 15 is 0 Å². The van der Waals surface area contributed by atoms with Crippen LogP contribution in [0, 0.1) is 5.82 Å². The molecule has 2 nitrogen and oxygen atoms in total. The van der Waals surface area contributed by atoms with Crippen LogP contribution in [-0.2, 0) is 6.54 Å². The Kier molecular flexibility index (Phi) is 3.82. The molecule has 0 aromatic heterocycles. The van der Waals surface area contributed by atoms with Gasteiger partial charge in [-0.2, -0.15) is 13.2 Å². The zero-order valence-corrected chi connectivity index (χ0v) is 10.3. The van der Waals surface area contributed by atoms with Crippen molar-refractivity contribution >= 4 is 0 Å². The first-order valence-corrected chi connectivity index (χ1v) is 6.06. The number of piperidine rings is 1. The molecule has 0 spiro atoms. The van der Waals surface area contributed by atoms with Crippen molar-refractivity contribution < 1.29 is 22.7 Å². The third-order valence-electron chi connectivity index (χ3n) is 3.51. The highest BCUT2D eigenvalue weighted by Gasteiger charge is 2.54. The third-order valence-corrected chi connectivity index (χ3v) is 3.51. The number of benzene rings is 1. The fourth-order valence-electron chi connectivity index (χ4n) is 2.26. The molecule has 0 radical (unpaired) electrons. The quantitative estimate of drug-likeness (QED) is 0.840. The predicted octanol–water partition coefficient (Wildman–Crippen LogP) is 2.71. The van der Waals surface area contributed by atoms with Crippen LogP contribution in [0.3, 0.4) is 0 Å². The summed E-state index contributed by atoms with van der Waals surface area (Å²) in [4.78, 5) is 1.79. The van der Waals surface area contributed by atoms with Gasteiger partial charge in [0.2, 0.25) is 0 Å². The summed E-state index contributed by atoms with van der Waals surface area (Å²) in [5, 5.41) is 9.52. The molecule has 0 amide bonds. The number of aliphatic hydroxyl groups is 1. The molecule has 1 fully saturated rings. The number of halogens is 4. The lowest BCUT2D eigenvalue weighted by molar-refractivity contribution is -0.272. The fraction of sp³-hybridized carbons (Fsp3) is 0.538. The van der Waals surface area contributed by atoms with Crippen molar-refractivity contribution in [3.63, 3.8) is 0 Å². The van der Waals surface area contributed by atoms with Gasteiger partial charge in [0.15, 0.2) is 5.60 Å². The van der Waals surface area contributed by atoms with Gasteiger partial charge in [0.05, 0.1) is 0 Å². The summed E-state index contributed by atoms with van der Waals surface area (Å²) in [7, 11) is 0. The molecule has 2 rings (SSSR count). The molecule has 1 N–H and O–H groups in total. The lowest BCUT2D eigenvalue weighted by Gasteiger charge is -2.39. The van der Waals surface area contributed by atoms with Crippen LogP contribution < -0.4 is 0 Å². The standard InChI is InChI=1S/C13H15F4NO/c14-11-3-1-2-10(8-11)9-18-6-4-12(19,5-7-18)13(15,16)17/h1-3,8,19H,4-7,9H2. The number of alkyl halides is 3. The zero-order valence-electron chi connectivity index (χ0n) is 10.3. The monoisotopic (exact) mass is 277 g/mol. The van der Waals surface area contributed by atoms with E-state index in [0.717, 1.165) is 5.56 Å². The van der Waals surface area contributed by atoms with Gasteiger partial charge in [-0.15, -0.1) is 0 Å². The van der Waals surface area contributed by atoms with E-state index in [1.54, 1.807) is 17.0 Å².